The molecule has 0 aliphatic rings. The SMILES string of the molecule is CCC(O)c1cnc(NC(=O)C(C)(C)C)s1. The van der Waals surface area contributed by atoms with Gasteiger partial charge in [0.25, 0.3) is 0 Å². The van der Waals surface area contributed by atoms with E-state index in [-0.39, 0.29) is 5.91 Å². The number of thiazole rings is 1. The Hall–Kier alpha value is -0.940. The number of hydrogen-bond acceptors (Lipinski definition) is 4. The normalized spacial score (nSPS) is 13.6. The van der Waals surface area contributed by atoms with Crippen molar-refractivity contribution in [1.82, 2.24) is 4.98 Å². The molecule has 0 saturated heterocycles. The fourth-order valence-corrected chi connectivity index (χ4v) is 1.86. The van der Waals surface area contributed by atoms with E-state index in [1.807, 2.05) is 27.7 Å². The highest BCUT2D eigenvalue weighted by atomic mass is 32.1. The van der Waals surface area contributed by atoms with Gasteiger partial charge >= 0.3 is 0 Å². The molecular weight excluding hydrogens is 224 g/mol. The molecule has 1 rings (SSSR count). The zero-order chi connectivity index (χ0) is 12.3. The second-order valence-corrected chi connectivity index (χ2v) is 5.76. The van der Waals surface area contributed by atoms with Gasteiger partial charge in [0.2, 0.25) is 5.91 Å². The minimum atomic E-state index is -0.488. The van der Waals surface area contributed by atoms with Gasteiger partial charge in [-0.1, -0.05) is 39.0 Å². The summed E-state index contributed by atoms with van der Waals surface area (Å²) in [5.74, 6) is -0.0700. The van der Waals surface area contributed by atoms with Crippen LogP contribution in [0.2, 0.25) is 0 Å². The van der Waals surface area contributed by atoms with Gasteiger partial charge in [0, 0.05) is 11.6 Å². The largest absolute Gasteiger partial charge is 0.388 e. The van der Waals surface area contributed by atoms with Crippen molar-refractivity contribution in [2.75, 3.05) is 5.32 Å². The quantitative estimate of drug-likeness (QED) is 0.856. The van der Waals surface area contributed by atoms with Gasteiger partial charge in [0.1, 0.15) is 0 Å². The van der Waals surface area contributed by atoms with E-state index in [0.717, 1.165) is 4.88 Å². The number of hydrogen-bond donors (Lipinski definition) is 2. The molecule has 90 valence electrons. The van der Waals surface area contributed by atoms with Crippen LogP contribution in [0.5, 0.6) is 0 Å². The average molecular weight is 242 g/mol. The average Bonchev–Trinajstić information content (AvgIpc) is 2.63. The predicted octanol–water partition coefficient (Wildman–Crippen LogP) is 2.57. The number of rotatable bonds is 3. The van der Waals surface area contributed by atoms with Crippen molar-refractivity contribution in [3.63, 3.8) is 0 Å². The summed E-state index contributed by atoms with van der Waals surface area (Å²) in [5, 5.41) is 12.9. The fraction of sp³-hybridized carbons (Fsp3) is 0.636. The second-order valence-electron chi connectivity index (χ2n) is 4.70. The van der Waals surface area contributed by atoms with Gasteiger partial charge in [0.05, 0.1) is 11.0 Å². The van der Waals surface area contributed by atoms with E-state index >= 15 is 0 Å². The number of aliphatic hydroxyl groups excluding tert-OH is 1. The highest BCUT2D eigenvalue weighted by Gasteiger charge is 2.22. The molecule has 0 aliphatic heterocycles. The van der Waals surface area contributed by atoms with Crippen LogP contribution >= 0.6 is 11.3 Å². The van der Waals surface area contributed by atoms with E-state index in [1.165, 1.54) is 11.3 Å². The zero-order valence-corrected chi connectivity index (χ0v) is 10.9. The van der Waals surface area contributed by atoms with Crippen LogP contribution in [0.3, 0.4) is 0 Å². The molecule has 0 fully saturated rings. The molecule has 1 heterocycles. The molecule has 16 heavy (non-hydrogen) atoms. The minimum absolute atomic E-state index is 0.0700. The van der Waals surface area contributed by atoms with E-state index in [2.05, 4.69) is 10.3 Å². The molecule has 0 aromatic carbocycles. The van der Waals surface area contributed by atoms with Crippen molar-refractivity contribution < 1.29 is 9.90 Å². The van der Waals surface area contributed by atoms with E-state index in [0.29, 0.717) is 11.6 Å². The van der Waals surface area contributed by atoms with Crippen LogP contribution < -0.4 is 5.32 Å². The molecule has 0 radical (unpaired) electrons. The van der Waals surface area contributed by atoms with Gasteiger partial charge in [-0.05, 0) is 6.42 Å². The number of carbonyl (C=O) groups excluding carboxylic acids is 1. The van der Waals surface area contributed by atoms with Gasteiger partial charge in [-0.3, -0.25) is 4.79 Å². The van der Waals surface area contributed by atoms with Crippen LogP contribution in [-0.4, -0.2) is 16.0 Å². The monoisotopic (exact) mass is 242 g/mol. The summed E-state index contributed by atoms with van der Waals surface area (Å²) < 4.78 is 0. The number of aliphatic hydroxyl groups is 1. The van der Waals surface area contributed by atoms with Crippen molar-refractivity contribution in [2.24, 2.45) is 5.41 Å². The summed E-state index contributed by atoms with van der Waals surface area (Å²) >= 11 is 1.32. The minimum Gasteiger partial charge on any atom is -0.388 e. The summed E-state index contributed by atoms with van der Waals surface area (Å²) in [7, 11) is 0. The first-order chi connectivity index (χ1) is 7.34. The van der Waals surface area contributed by atoms with Gasteiger partial charge in [-0.2, -0.15) is 0 Å². The zero-order valence-electron chi connectivity index (χ0n) is 10.1. The van der Waals surface area contributed by atoms with Gasteiger partial charge in [-0.25, -0.2) is 4.98 Å². The maximum Gasteiger partial charge on any atom is 0.231 e. The number of carbonyl (C=O) groups is 1. The molecule has 0 saturated carbocycles. The number of nitrogens with zero attached hydrogens (tertiary/aromatic N) is 1. The van der Waals surface area contributed by atoms with Crippen LogP contribution in [0.1, 0.15) is 45.1 Å². The molecule has 4 nitrogen and oxygen atoms in total. The van der Waals surface area contributed by atoms with Crippen LogP contribution in [0.25, 0.3) is 0 Å². The van der Waals surface area contributed by atoms with Gasteiger partial charge in [-0.15, -0.1) is 0 Å². The van der Waals surface area contributed by atoms with Gasteiger partial charge < -0.3 is 10.4 Å². The van der Waals surface area contributed by atoms with Crippen LogP contribution in [0, 0.1) is 5.41 Å². The Kier molecular flexibility index (Phi) is 4.04. The van der Waals surface area contributed by atoms with Crippen molar-refractivity contribution in [1.29, 1.82) is 0 Å². The summed E-state index contributed by atoms with van der Waals surface area (Å²) in [6.07, 6.45) is 1.77. The van der Waals surface area contributed by atoms with Crippen molar-refractivity contribution in [3.8, 4) is 0 Å². The first-order valence-electron chi connectivity index (χ1n) is 5.30. The summed E-state index contributed by atoms with van der Waals surface area (Å²) in [6, 6.07) is 0. The number of amides is 1. The third-order valence-corrected chi connectivity index (χ3v) is 3.15. The Labute approximate surface area is 99.7 Å². The molecular formula is C11H18N2O2S. The molecule has 1 aromatic rings. The Bertz CT molecular complexity index is 368. The molecule has 0 aliphatic carbocycles. The summed E-state index contributed by atoms with van der Waals surface area (Å²) in [5.41, 5.74) is -0.435. The molecule has 1 unspecified atom stereocenters. The van der Waals surface area contributed by atoms with Crippen molar-refractivity contribution in [2.45, 2.75) is 40.2 Å². The maximum absolute atomic E-state index is 11.7. The van der Waals surface area contributed by atoms with Crippen molar-refractivity contribution in [3.05, 3.63) is 11.1 Å². The van der Waals surface area contributed by atoms with E-state index in [9.17, 15) is 9.90 Å². The lowest BCUT2D eigenvalue weighted by Crippen LogP contribution is -2.27. The molecule has 5 heteroatoms. The van der Waals surface area contributed by atoms with Gasteiger partial charge in [0.15, 0.2) is 5.13 Å². The van der Waals surface area contributed by atoms with E-state index in [1.54, 1.807) is 6.20 Å². The van der Waals surface area contributed by atoms with E-state index < -0.39 is 11.5 Å². The van der Waals surface area contributed by atoms with Crippen molar-refractivity contribution >= 4 is 22.4 Å². The number of anilines is 1. The molecule has 1 amide bonds. The third-order valence-electron chi connectivity index (χ3n) is 2.14. The molecule has 1 atom stereocenters. The Morgan fingerprint density at radius 3 is 2.75 bits per heavy atom. The fourth-order valence-electron chi connectivity index (χ4n) is 0.984. The topological polar surface area (TPSA) is 62.2 Å². The Morgan fingerprint density at radius 2 is 2.25 bits per heavy atom. The third kappa shape index (κ3) is 3.28. The molecule has 0 spiro atoms. The number of aromatic nitrogens is 1. The highest BCUT2D eigenvalue weighted by molar-refractivity contribution is 7.15. The lowest BCUT2D eigenvalue weighted by atomic mass is 9.96. The maximum atomic E-state index is 11.7. The molecule has 2 N–H and O–H groups in total. The van der Waals surface area contributed by atoms with Crippen LogP contribution in [0.4, 0.5) is 5.13 Å². The van der Waals surface area contributed by atoms with E-state index in [4.69, 9.17) is 0 Å². The summed E-state index contributed by atoms with van der Waals surface area (Å²) in [4.78, 5) is 16.5. The second kappa shape index (κ2) is 4.93. The first-order valence-corrected chi connectivity index (χ1v) is 6.11. The lowest BCUT2D eigenvalue weighted by molar-refractivity contribution is -0.123. The van der Waals surface area contributed by atoms with Crippen LogP contribution in [-0.2, 0) is 4.79 Å². The lowest BCUT2D eigenvalue weighted by Gasteiger charge is -2.15. The smallest absolute Gasteiger partial charge is 0.231 e. The standard InChI is InChI=1S/C11H18N2O2S/c1-5-7(14)8-6-12-10(16-8)13-9(15)11(2,3)4/h6-7,14H,5H2,1-4H3,(H,12,13,15). The number of nitrogens with one attached hydrogen (secondary N) is 1. The Balaban J connectivity index is 2.69. The predicted molar refractivity (Wildman–Crippen MR) is 65.4 cm³/mol. The first kappa shape index (κ1) is 13.1. The summed E-state index contributed by atoms with van der Waals surface area (Å²) in [6.45, 7) is 7.44. The Morgan fingerprint density at radius 1 is 1.62 bits per heavy atom. The molecule has 1 aromatic heterocycles. The van der Waals surface area contributed by atoms with Crippen LogP contribution in [0.15, 0.2) is 6.20 Å². The highest BCUT2D eigenvalue weighted by Crippen LogP contribution is 2.27. The molecule has 0 bridgehead atoms.